The van der Waals surface area contributed by atoms with Crippen LogP contribution in [0.25, 0.3) is 33.9 Å². The number of amides is 2. The third-order valence-corrected chi connectivity index (χ3v) is 21.4. The third-order valence-electron chi connectivity index (χ3n) is 18.7. The molecular weight excluding hydrogens is 1500 g/mol. The van der Waals surface area contributed by atoms with Crippen molar-refractivity contribution in [1.29, 1.82) is 0 Å². The minimum atomic E-state index is -4.72. The fourth-order valence-electron chi connectivity index (χ4n) is 12.2. The number of aliphatic hydroxyl groups is 1. The van der Waals surface area contributed by atoms with Crippen LogP contribution in [0.4, 0.5) is 27.6 Å². The molecule has 10 rings (SSSR count). The Bertz CT molecular complexity index is 4500. The van der Waals surface area contributed by atoms with E-state index in [4.69, 9.17) is 46.1 Å². The van der Waals surface area contributed by atoms with Crippen molar-refractivity contribution in [3.8, 4) is 33.9 Å². The second-order valence-electron chi connectivity index (χ2n) is 27.1. The van der Waals surface area contributed by atoms with Crippen LogP contribution in [0, 0.1) is 58.3 Å². The van der Waals surface area contributed by atoms with Gasteiger partial charge in [-0.3, -0.25) is 4.79 Å². The number of allylic oxidation sites excluding steroid dienone is 8. The first-order chi connectivity index (χ1) is 49.9. The van der Waals surface area contributed by atoms with Crippen molar-refractivity contribution in [2.24, 2.45) is 28.8 Å². The topological polar surface area (TPSA) is 282 Å². The van der Waals surface area contributed by atoms with Crippen LogP contribution in [0.2, 0.25) is 0 Å². The minimum absolute atomic E-state index is 0. The number of rotatable bonds is 19. The number of benzene rings is 4. The van der Waals surface area contributed by atoms with E-state index >= 15 is 0 Å². The van der Waals surface area contributed by atoms with Gasteiger partial charge in [0.05, 0.1) is 44.9 Å². The number of halogens is 4. The van der Waals surface area contributed by atoms with E-state index in [1.54, 1.807) is 29.8 Å². The summed E-state index contributed by atoms with van der Waals surface area (Å²) in [6.07, 6.45) is 12.0. The molecule has 20 nitrogen and oxygen atoms in total. The average molecular weight is 1600 g/mol. The molecule has 0 radical (unpaired) electrons. The van der Waals surface area contributed by atoms with Gasteiger partial charge in [-0.25, -0.2) is 45.7 Å². The summed E-state index contributed by atoms with van der Waals surface area (Å²) < 4.78 is 109. The van der Waals surface area contributed by atoms with Crippen LogP contribution < -0.4 is 113 Å². The minimum Gasteiger partial charge on any atom is -1.00 e. The van der Waals surface area contributed by atoms with Crippen molar-refractivity contribution in [3.63, 3.8) is 0 Å². The molecule has 0 unspecified atom stereocenters. The van der Waals surface area contributed by atoms with E-state index in [9.17, 15) is 44.4 Å². The molecule has 4 atom stereocenters. The Morgan fingerprint density at radius 1 is 0.593 bits per heavy atom. The standard InChI is InChI=1S/C40H47N3O6S.C18H16F3N3O2S.C11H15ClO2.C10H16O.CH2O3.2K.H/c1-26(2)33-14-10-31(11-15-33)24-48-39(44)43(40(45)49-25-32-12-16-34(17-13-32)27(3)4)50(46,47)36-20-18-35(19-21-36)42-38(23-30(7)41-42)37-22-28(5)8-9-29(37)6;1-11-3-4-12(2)15(9-11)16-10-17(18(19,20)21)23-24(16)13-5-7-14(8-6-13)27(22,25)26;1-8(2)10-5-3-9(4-6-10)7-14-11(12)13;1-8(2)10-5-3-9(7-11)4-6-10;2-1-4-3;;;/h8-10,12,18-23,33-34H,1,3,11,13-17,24-25H2,2,4-7H3;3-10H,1-2H3,(H2,22,25,26);3,10H,1,4-7H2,2H3;3,10-11H,1,4-7H2,2H3;1,3H;;;/q;;;;;2*+1;-1/p-1/t33-,34-;;2*10-;;;;/m1.11..../s1. The number of aliphatic hydroxyl groups excluding tert-OH is 1. The monoisotopic (exact) mass is 1600 g/mol. The Kier molecular flexibility index (Phi) is 38.7. The molecular formula is C80H96ClF3K2N6O14S2. The van der Waals surface area contributed by atoms with Crippen LogP contribution in [-0.4, -0.2) is 96.3 Å². The zero-order chi connectivity index (χ0) is 78.4. The second-order valence-corrected chi connectivity index (χ2v) is 30.7. The van der Waals surface area contributed by atoms with Crippen LogP contribution >= 0.6 is 11.6 Å². The SMILES string of the molecule is C=C(C)[C@@H]1CC=C(CO)CC1.C=C(C)[C@@H]1CC=C(COC(=O)Cl)CC1.C=C(C)[C@@H]1CC=C(COC(=O)N(C(=O)OCC2=CC[C@@H](C(=C)C)CC2)S(=O)(=O)c2ccc(-n3nc(C)cc3-c3cc(C)ccc3C)cc2)CC1.Cc1ccc(C)c(-c2cc(C(F)(F)F)nn2-c2ccc(S(N)(=O)=O)cc2)c1.O=CO[O-].[H-].[K+].[K+]. The van der Waals surface area contributed by atoms with Gasteiger partial charge in [0.25, 0.3) is 16.5 Å². The summed E-state index contributed by atoms with van der Waals surface area (Å²) in [6.45, 7) is 33.8. The normalized spacial score (nSPS) is 16.7. The van der Waals surface area contributed by atoms with Crippen LogP contribution in [0.5, 0.6) is 0 Å². The van der Waals surface area contributed by atoms with Crippen molar-refractivity contribution in [2.45, 2.75) is 155 Å². The number of carbonyl (C=O) groups is 4. The number of imide groups is 1. The molecule has 28 heteroatoms. The van der Waals surface area contributed by atoms with Gasteiger partial charge in [-0.1, -0.05) is 113 Å². The van der Waals surface area contributed by atoms with Gasteiger partial charge < -0.3 is 30.9 Å². The van der Waals surface area contributed by atoms with Crippen LogP contribution in [0.3, 0.4) is 0 Å². The molecule has 0 saturated carbocycles. The largest absolute Gasteiger partial charge is 1.00 e. The summed E-state index contributed by atoms with van der Waals surface area (Å²) in [6, 6.07) is 25.7. The summed E-state index contributed by atoms with van der Waals surface area (Å²) in [5.74, 6) is 1.95. The maximum atomic E-state index is 14.0. The van der Waals surface area contributed by atoms with Gasteiger partial charge in [-0.2, -0.15) is 23.4 Å². The van der Waals surface area contributed by atoms with Crippen molar-refractivity contribution in [3.05, 3.63) is 226 Å². The van der Waals surface area contributed by atoms with Gasteiger partial charge in [0, 0.05) is 22.7 Å². The predicted octanol–water partition coefficient (Wildman–Crippen LogP) is 11.7. The third kappa shape index (κ3) is 28.3. The van der Waals surface area contributed by atoms with Gasteiger partial charge >= 0.3 is 127 Å². The molecule has 4 aliphatic carbocycles. The summed E-state index contributed by atoms with van der Waals surface area (Å²) >= 11 is 5.07. The average Bonchev–Trinajstić information content (AvgIpc) is 1.63. The van der Waals surface area contributed by atoms with E-state index in [0.29, 0.717) is 54.4 Å². The summed E-state index contributed by atoms with van der Waals surface area (Å²) in [4.78, 5) is 48.2. The van der Waals surface area contributed by atoms with Crippen LogP contribution in [0.1, 0.15) is 140 Å². The molecule has 3 N–H and O–H groups in total. The van der Waals surface area contributed by atoms with E-state index < -0.39 is 49.5 Å². The number of sulfonamides is 2. The molecule has 572 valence electrons. The van der Waals surface area contributed by atoms with Crippen molar-refractivity contribution < 1.29 is 183 Å². The molecule has 4 aliphatic rings. The number of alkyl halides is 3. The summed E-state index contributed by atoms with van der Waals surface area (Å²) in [5, 5.41) is 30.7. The van der Waals surface area contributed by atoms with Gasteiger partial charge in [-0.15, -0.1) is 0 Å². The summed E-state index contributed by atoms with van der Waals surface area (Å²) in [5.41, 5.74) is 15.3. The number of nitrogens with two attached hydrogens (primary N) is 1. The van der Waals surface area contributed by atoms with E-state index in [-0.39, 0.29) is 156 Å². The van der Waals surface area contributed by atoms with E-state index in [2.05, 4.69) is 73.5 Å². The maximum Gasteiger partial charge on any atom is 1.00 e. The van der Waals surface area contributed by atoms with Crippen LogP contribution in [-0.2, 0) is 50.1 Å². The Labute approximate surface area is 724 Å². The number of nitrogens with zero attached hydrogens (tertiary/aromatic N) is 5. The first-order valence-electron chi connectivity index (χ1n) is 34.5. The summed E-state index contributed by atoms with van der Waals surface area (Å²) in [7, 11) is -8.63. The Hall–Kier alpha value is -5.97. The molecule has 108 heavy (non-hydrogen) atoms. The number of primary sulfonamides is 1. The number of hydrogen-bond acceptors (Lipinski definition) is 16. The predicted molar refractivity (Wildman–Crippen MR) is 403 cm³/mol. The molecule has 4 aromatic carbocycles. The van der Waals surface area contributed by atoms with Crippen molar-refractivity contribution in [2.75, 3.05) is 26.4 Å². The van der Waals surface area contributed by atoms with Gasteiger partial charge in [0.15, 0.2) is 5.69 Å². The molecule has 6 aromatic rings. The maximum absolute atomic E-state index is 14.0. The van der Waals surface area contributed by atoms with Gasteiger partial charge in [0.2, 0.25) is 10.0 Å². The van der Waals surface area contributed by atoms with Gasteiger partial charge in [-0.05, 0) is 269 Å². The number of carbonyl (C=O) groups excluding carboxylic acids is 4. The van der Waals surface area contributed by atoms with E-state index in [1.807, 2.05) is 84.0 Å². The van der Waals surface area contributed by atoms with Crippen LogP contribution in [0.15, 0.2) is 202 Å². The van der Waals surface area contributed by atoms with E-state index in [0.717, 1.165) is 136 Å². The molecule has 0 saturated heterocycles. The number of aryl methyl sites for hydroxylation is 5. The molecule has 2 aromatic heterocycles. The Morgan fingerprint density at radius 3 is 1.27 bits per heavy atom. The molecule has 0 aliphatic heterocycles. The zero-order valence-corrected chi connectivity index (χ0v) is 72.1. The van der Waals surface area contributed by atoms with Crippen molar-refractivity contribution in [1.82, 2.24) is 23.9 Å². The Balaban J connectivity index is 0.000000432. The first-order valence-corrected chi connectivity index (χ1v) is 37.8. The fourth-order valence-corrected chi connectivity index (χ4v) is 13.9. The molecule has 0 bridgehead atoms. The number of ether oxygens (including phenoxy) is 3. The molecule has 2 heterocycles. The fraction of sp³-hybridized carbons (Fsp3) is 0.375. The molecule has 0 fully saturated rings. The zero-order valence-electron chi connectivity index (χ0n) is 64.5. The molecule has 2 amide bonds. The van der Waals surface area contributed by atoms with E-state index in [1.165, 1.54) is 59.5 Å². The van der Waals surface area contributed by atoms with Gasteiger partial charge in [0.1, 0.15) is 19.8 Å². The second kappa shape index (κ2) is 44.3. The smallest absolute Gasteiger partial charge is 1.00 e. The Morgan fingerprint density at radius 2 is 0.944 bits per heavy atom. The quantitative estimate of drug-likeness (QED) is 0.0145. The first kappa shape index (κ1) is 94.4. The number of hydrogen-bond donors (Lipinski definition) is 2. The molecule has 0 spiro atoms. The number of aromatic nitrogens is 4. The van der Waals surface area contributed by atoms with Crippen molar-refractivity contribution >= 4 is 55.7 Å².